The average Bonchev–Trinajstić information content (AvgIpc) is 2.71. The molecule has 2 N–H and O–H groups in total. The van der Waals surface area contributed by atoms with Crippen molar-refractivity contribution >= 4 is 21.6 Å². The van der Waals surface area contributed by atoms with E-state index < -0.39 is 15.8 Å². The van der Waals surface area contributed by atoms with Gasteiger partial charge < -0.3 is 5.32 Å². The van der Waals surface area contributed by atoms with Crippen molar-refractivity contribution < 1.29 is 17.6 Å². The lowest BCUT2D eigenvalue weighted by Crippen LogP contribution is -2.27. The van der Waals surface area contributed by atoms with Crippen molar-refractivity contribution in [3.8, 4) is 0 Å². The Morgan fingerprint density at radius 1 is 0.967 bits per heavy atom. The number of aryl methyl sites for hydroxylation is 2. The number of carbonyl (C=O) groups excluding carboxylic acids is 1. The van der Waals surface area contributed by atoms with E-state index in [1.54, 1.807) is 6.07 Å². The Morgan fingerprint density at radius 3 is 2.37 bits per heavy atom. The van der Waals surface area contributed by atoms with E-state index in [1.165, 1.54) is 30.3 Å². The second-order valence-electron chi connectivity index (χ2n) is 7.20. The number of halogens is 1. The van der Waals surface area contributed by atoms with E-state index in [0.717, 1.165) is 28.8 Å². The largest absolute Gasteiger partial charge is 0.346 e. The number of anilines is 1. The molecule has 7 heteroatoms. The minimum absolute atomic E-state index is 0.0566. The van der Waals surface area contributed by atoms with Gasteiger partial charge in [-0.3, -0.25) is 9.52 Å². The van der Waals surface area contributed by atoms with Gasteiger partial charge in [0.1, 0.15) is 5.82 Å². The molecule has 5 nitrogen and oxygen atoms in total. The topological polar surface area (TPSA) is 75.3 Å². The molecular formula is C23H23FN2O3S. The fourth-order valence-electron chi connectivity index (χ4n) is 3.12. The van der Waals surface area contributed by atoms with Crippen LogP contribution in [0, 0.1) is 19.7 Å². The van der Waals surface area contributed by atoms with E-state index in [2.05, 4.69) is 10.0 Å². The van der Waals surface area contributed by atoms with Crippen LogP contribution < -0.4 is 10.0 Å². The first-order chi connectivity index (χ1) is 14.2. The molecule has 0 radical (unpaired) electrons. The summed E-state index contributed by atoms with van der Waals surface area (Å²) in [6, 6.07) is 16.6. The highest BCUT2D eigenvalue weighted by Gasteiger charge is 2.18. The number of nitrogens with one attached hydrogen (secondary N) is 2. The molecular weight excluding hydrogens is 403 g/mol. The molecule has 30 heavy (non-hydrogen) atoms. The van der Waals surface area contributed by atoms with Crippen LogP contribution in [0.3, 0.4) is 0 Å². The van der Waals surface area contributed by atoms with Crippen LogP contribution in [0.1, 0.15) is 40.0 Å². The van der Waals surface area contributed by atoms with Crippen LogP contribution in [-0.2, 0) is 10.0 Å². The molecule has 0 aliphatic heterocycles. The first kappa shape index (κ1) is 21.5. The van der Waals surface area contributed by atoms with E-state index in [9.17, 15) is 17.6 Å². The quantitative estimate of drug-likeness (QED) is 0.598. The number of benzene rings is 3. The summed E-state index contributed by atoms with van der Waals surface area (Å²) in [6.07, 6.45) is 0. The summed E-state index contributed by atoms with van der Waals surface area (Å²) in [6.45, 7) is 5.85. The Hall–Kier alpha value is -3.19. The third-order valence-corrected chi connectivity index (χ3v) is 6.13. The maximum atomic E-state index is 13.0. The molecule has 0 aliphatic carbocycles. The molecule has 1 unspecified atom stereocenters. The van der Waals surface area contributed by atoms with Crippen molar-refractivity contribution in [2.24, 2.45) is 0 Å². The zero-order valence-electron chi connectivity index (χ0n) is 16.9. The minimum atomic E-state index is -3.93. The van der Waals surface area contributed by atoms with Gasteiger partial charge in [-0.25, -0.2) is 12.8 Å². The molecule has 3 aromatic rings. The van der Waals surface area contributed by atoms with Crippen molar-refractivity contribution in [2.75, 3.05) is 4.72 Å². The van der Waals surface area contributed by atoms with Gasteiger partial charge in [-0.15, -0.1) is 0 Å². The first-order valence-electron chi connectivity index (χ1n) is 9.42. The lowest BCUT2D eigenvalue weighted by Gasteiger charge is -2.18. The minimum Gasteiger partial charge on any atom is -0.346 e. The molecule has 3 aromatic carbocycles. The lowest BCUT2D eigenvalue weighted by atomic mass is 10.00. The van der Waals surface area contributed by atoms with Gasteiger partial charge in [0.2, 0.25) is 0 Å². The summed E-state index contributed by atoms with van der Waals surface area (Å²) in [4.78, 5) is 12.7. The molecule has 3 rings (SSSR count). The van der Waals surface area contributed by atoms with E-state index >= 15 is 0 Å². The van der Waals surface area contributed by atoms with Crippen LogP contribution >= 0.6 is 0 Å². The van der Waals surface area contributed by atoms with Crippen LogP contribution in [0.4, 0.5) is 10.1 Å². The molecule has 0 aromatic heterocycles. The zero-order valence-corrected chi connectivity index (χ0v) is 17.8. The van der Waals surface area contributed by atoms with Crippen molar-refractivity contribution in [3.05, 3.63) is 94.8 Å². The summed E-state index contributed by atoms with van der Waals surface area (Å²) in [5.74, 6) is -0.836. The van der Waals surface area contributed by atoms with E-state index in [1.807, 2.05) is 39.0 Å². The SMILES string of the molecule is Cc1ccc(C)c(C(C)NC(=O)c2cccc(S(=O)(=O)Nc3ccc(F)cc3)c2)c1. The third kappa shape index (κ3) is 5.04. The Bertz CT molecular complexity index is 1180. The Labute approximate surface area is 176 Å². The van der Waals surface area contributed by atoms with Gasteiger partial charge in [-0.05, 0) is 74.4 Å². The fourth-order valence-corrected chi connectivity index (χ4v) is 4.22. The summed E-state index contributed by atoms with van der Waals surface area (Å²) < 4.78 is 40.7. The number of hydrogen-bond acceptors (Lipinski definition) is 3. The van der Waals surface area contributed by atoms with Gasteiger partial charge in [-0.1, -0.05) is 29.8 Å². The molecule has 0 spiro atoms. The maximum absolute atomic E-state index is 13.0. The average molecular weight is 427 g/mol. The molecule has 1 amide bonds. The molecule has 1 atom stereocenters. The number of sulfonamides is 1. The molecule has 0 saturated heterocycles. The van der Waals surface area contributed by atoms with Crippen LogP contribution in [-0.4, -0.2) is 14.3 Å². The number of carbonyl (C=O) groups is 1. The Morgan fingerprint density at radius 2 is 1.67 bits per heavy atom. The normalized spacial score (nSPS) is 12.3. The van der Waals surface area contributed by atoms with Gasteiger partial charge in [-0.2, -0.15) is 0 Å². The molecule has 0 heterocycles. The van der Waals surface area contributed by atoms with Gasteiger partial charge in [0, 0.05) is 11.3 Å². The second-order valence-corrected chi connectivity index (χ2v) is 8.88. The van der Waals surface area contributed by atoms with Crippen molar-refractivity contribution in [1.29, 1.82) is 0 Å². The highest BCUT2D eigenvalue weighted by Crippen LogP contribution is 2.21. The number of hydrogen-bond donors (Lipinski definition) is 2. The summed E-state index contributed by atoms with van der Waals surface area (Å²) >= 11 is 0. The van der Waals surface area contributed by atoms with Gasteiger partial charge in [0.25, 0.3) is 15.9 Å². The van der Waals surface area contributed by atoms with E-state index in [4.69, 9.17) is 0 Å². The van der Waals surface area contributed by atoms with Crippen LogP contribution in [0.15, 0.2) is 71.6 Å². The molecule has 0 fully saturated rings. The number of amides is 1. The maximum Gasteiger partial charge on any atom is 0.261 e. The van der Waals surface area contributed by atoms with E-state index in [0.29, 0.717) is 0 Å². The van der Waals surface area contributed by atoms with Crippen molar-refractivity contribution in [1.82, 2.24) is 5.32 Å². The highest BCUT2D eigenvalue weighted by molar-refractivity contribution is 7.92. The molecule has 0 bridgehead atoms. The molecule has 0 aliphatic rings. The molecule has 0 saturated carbocycles. The van der Waals surface area contributed by atoms with Crippen LogP contribution in [0.2, 0.25) is 0 Å². The molecule has 156 valence electrons. The fraction of sp³-hybridized carbons (Fsp3) is 0.174. The van der Waals surface area contributed by atoms with Gasteiger partial charge in [0.15, 0.2) is 0 Å². The predicted octanol–water partition coefficient (Wildman–Crippen LogP) is 4.73. The van der Waals surface area contributed by atoms with Gasteiger partial charge in [0.05, 0.1) is 10.9 Å². The highest BCUT2D eigenvalue weighted by atomic mass is 32.2. The zero-order chi connectivity index (χ0) is 21.9. The van der Waals surface area contributed by atoms with Crippen LogP contribution in [0.5, 0.6) is 0 Å². The van der Waals surface area contributed by atoms with Gasteiger partial charge >= 0.3 is 0 Å². The van der Waals surface area contributed by atoms with Crippen LogP contribution in [0.25, 0.3) is 0 Å². The summed E-state index contributed by atoms with van der Waals surface area (Å²) in [5.41, 5.74) is 3.62. The smallest absolute Gasteiger partial charge is 0.261 e. The lowest BCUT2D eigenvalue weighted by molar-refractivity contribution is 0.0939. The standard InChI is InChI=1S/C23H23FN2O3S/c1-15-7-8-16(2)22(13-15)17(3)25-23(27)18-5-4-6-21(14-18)30(28,29)26-20-11-9-19(24)10-12-20/h4-14,17,26H,1-3H3,(H,25,27). The Balaban J connectivity index is 1.79. The number of rotatable bonds is 6. The predicted molar refractivity (Wildman–Crippen MR) is 115 cm³/mol. The summed E-state index contributed by atoms with van der Waals surface area (Å²) in [7, 11) is -3.93. The van der Waals surface area contributed by atoms with Crippen molar-refractivity contribution in [2.45, 2.75) is 31.7 Å². The first-order valence-corrected chi connectivity index (χ1v) is 10.9. The van der Waals surface area contributed by atoms with E-state index in [-0.39, 0.29) is 28.1 Å². The van der Waals surface area contributed by atoms with Crippen molar-refractivity contribution in [3.63, 3.8) is 0 Å². The second kappa shape index (κ2) is 8.67. The third-order valence-electron chi connectivity index (χ3n) is 4.75. The monoisotopic (exact) mass is 426 g/mol. The summed E-state index contributed by atoms with van der Waals surface area (Å²) in [5, 5.41) is 2.92. The Kier molecular flexibility index (Phi) is 6.22.